The summed E-state index contributed by atoms with van der Waals surface area (Å²) in [5.74, 6) is 0.936. The van der Waals surface area contributed by atoms with Crippen molar-refractivity contribution in [2.24, 2.45) is 0 Å². The molecule has 0 spiro atoms. The van der Waals surface area contributed by atoms with Gasteiger partial charge in [-0.3, -0.25) is 0 Å². The molecule has 18 heavy (non-hydrogen) atoms. The van der Waals surface area contributed by atoms with Gasteiger partial charge in [0.05, 0.1) is 17.8 Å². The molecule has 0 saturated heterocycles. The summed E-state index contributed by atoms with van der Waals surface area (Å²) in [6, 6.07) is 8.20. The molecule has 0 atom stereocenters. The Morgan fingerprint density at radius 2 is 2.22 bits per heavy atom. The number of benzene rings is 1. The first-order valence-electron chi connectivity index (χ1n) is 6.11. The lowest BCUT2D eigenvalue weighted by Crippen LogP contribution is -2.12. The van der Waals surface area contributed by atoms with E-state index in [0.29, 0.717) is 6.61 Å². The van der Waals surface area contributed by atoms with E-state index in [-0.39, 0.29) is 0 Å². The average Bonchev–Trinajstić information content (AvgIpc) is 2.76. The molecule has 1 heterocycles. The normalized spacial score (nSPS) is 10.6. The fourth-order valence-electron chi connectivity index (χ4n) is 1.73. The Morgan fingerprint density at radius 3 is 2.94 bits per heavy atom. The molecular formula is C14H18N2OS. The Bertz CT molecular complexity index is 496. The van der Waals surface area contributed by atoms with Crippen LogP contribution in [0.15, 0.2) is 29.8 Å². The molecule has 0 aliphatic rings. The van der Waals surface area contributed by atoms with Crippen molar-refractivity contribution in [3.8, 4) is 5.75 Å². The topological polar surface area (TPSA) is 34.1 Å². The summed E-state index contributed by atoms with van der Waals surface area (Å²) in [6.07, 6.45) is 0. The van der Waals surface area contributed by atoms with Crippen LogP contribution in [0, 0.1) is 6.92 Å². The standard InChI is InChI=1S/C14H18N2OS/c1-3-17-13-6-4-5-12(7-13)8-15-9-14-11(2)16-10-18-14/h4-7,10,15H,3,8-9H2,1-2H3. The second-order valence-corrected chi connectivity index (χ2v) is 4.98. The van der Waals surface area contributed by atoms with Gasteiger partial charge in [-0.15, -0.1) is 11.3 Å². The minimum Gasteiger partial charge on any atom is -0.494 e. The Balaban J connectivity index is 1.86. The Labute approximate surface area is 112 Å². The fourth-order valence-corrected chi connectivity index (χ4v) is 2.47. The number of nitrogens with one attached hydrogen (secondary N) is 1. The van der Waals surface area contributed by atoms with Crippen LogP contribution in [0.5, 0.6) is 5.75 Å². The zero-order chi connectivity index (χ0) is 12.8. The van der Waals surface area contributed by atoms with E-state index < -0.39 is 0 Å². The van der Waals surface area contributed by atoms with Gasteiger partial charge in [0, 0.05) is 18.0 Å². The summed E-state index contributed by atoms with van der Waals surface area (Å²) >= 11 is 1.70. The number of hydrogen-bond acceptors (Lipinski definition) is 4. The fraction of sp³-hybridized carbons (Fsp3) is 0.357. The Kier molecular flexibility index (Phi) is 4.73. The van der Waals surface area contributed by atoms with Crippen LogP contribution in [-0.2, 0) is 13.1 Å². The molecule has 1 aromatic carbocycles. The Morgan fingerprint density at radius 1 is 1.33 bits per heavy atom. The lowest BCUT2D eigenvalue weighted by molar-refractivity contribution is 0.340. The van der Waals surface area contributed by atoms with Crippen LogP contribution in [-0.4, -0.2) is 11.6 Å². The van der Waals surface area contributed by atoms with Crippen LogP contribution >= 0.6 is 11.3 Å². The molecule has 0 bridgehead atoms. The third kappa shape index (κ3) is 3.55. The SMILES string of the molecule is CCOc1cccc(CNCc2scnc2C)c1. The molecule has 0 saturated carbocycles. The predicted molar refractivity (Wildman–Crippen MR) is 75.0 cm³/mol. The van der Waals surface area contributed by atoms with Crippen molar-refractivity contribution >= 4 is 11.3 Å². The molecule has 2 rings (SSSR count). The van der Waals surface area contributed by atoms with Crippen molar-refractivity contribution in [2.75, 3.05) is 6.61 Å². The highest BCUT2D eigenvalue weighted by Gasteiger charge is 2.01. The minimum atomic E-state index is 0.705. The van der Waals surface area contributed by atoms with Crippen molar-refractivity contribution in [3.05, 3.63) is 45.9 Å². The summed E-state index contributed by atoms with van der Waals surface area (Å²) in [5, 5.41) is 3.43. The van der Waals surface area contributed by atoms with Crippen LogP contribution in [0.1, 0.15) is 23.1 Å². The molecule has 1 aromatic heterocycles. The van der Waals surface area contributed by atoms with E-state index in [1.165, 1.54) is 10.4 Å². The van der Waals surface area contributed by atoms with E-state index in [9.17, 15) is 0 Å². The van der Waals surface area contributed by atoms with Gasteiger partial charge in [-0.25, -0.2) is 4.98 Å². The molecule has 1 N–H and O–H groups in total. The number of rotatable bonds is 6. The first-order chi connectivity index (χ1) is 8.79. The van der Waals surface area contributed by atoms with Crippen molar-refractivity contribution in [1.29, 1.82) is 0 Å². The molecule has 0 amide bonds. The van der Waals surface area contributed by atoms with Gasteiger partial charge < -0.3 is 10.1 Å². The lowest BCUT2D eigenvalue weighted by Gasteiger charge is -2.07. The zero-order valence-electron chi connectivity index (χ0n) is 10.8. The van der Waals surface area contributed by atoms with E-state index in [1.54, 1.807) is 11.3 Å². The van der Waals surface area contributed by atoms with Crippen LogP contribution < -0.4 is 10.1 Å². The van der Waals surface area contributed by atoms with Crippen LogP contribution in [0.3, 0.4) is 0 Å². The predicted octanol–water partition coefficient (Wildman–Crippen LogP) is 3.14. The summed E-state index contributed by atoms with van der Waals surface area (Å²) in [7, 11) is 0. The Hall–Kier alpha value is -1.39. The van der Waals surface area contributed by atoms with Crippen molar-refractivity contribution < 1.29 is 4.74 Å². The highest BCUT2D eigenvalue weighted by Crippen LogP contribution is 2.14. The average molecular weight is 262 g/mol. The monoisotopic (exact) mass is 262 g/mol. The molecule has 2 aromatic rings. The van der Waals surface area contributed by atoms with Crippen LogP contribution in [0.2, 0.25) is 0 Å². The first kappa shape index (κ1) is 13.1. The van der Waals surface area contributed by atoms with Gasteiger partial charge in [0.15, 0.2) is 0 Å². The smallest absolute Gasteiger partial charge is 0.119 e. The number of aryl methyl sites for hydroxylation is 1. The highest BCUT2D eigenvalue weighted by molar-refractivity contribution is 7.09. The summed E-state index contributed by atoms with van der Waals surface area (Å²) < 4.78 is 5.48. The largest absolute Gasteiger partial charge is 0.494 e. The summed E-state index contributed by atoms with van der Waals surface area (Å²) in [4.78, 5) is 5.54. The van der Waals surface area contributed by atoms with E-state index in [0.717, 1.165) is 24.5 Å². The molecule has 4 heteroatoms. The maximum Gasteiger partial charge on any atom is 0.119 e. The molecule has 3 nitrogen and oxygen atoms in total. The molecule has 0 fully saturated rings. The van der Waals surface area contributed by atoms with E-state index in [2.05, 4.69) is 22.4 Å². The third-order valence-electron chi connectivity index (χ3n) is 2.67. The van der Waals surface area contributed by atoms with Crippen molar-refractivity contribution in [3.63, 3.8) is 0 Å². The molecule has 0 radical (unpaired) electrons. The van der Waals surface area contributed by atoms with Gasteiger partial charge in [-0.2, -0.15) is 0 Å². The number of nitrogens with zero attached hydrogens (tertiary/aromatic N) is 1. The van der Waals surface area contributed by atoms with Crippen molar-refractivity contribution in [1.82, 2.24) is 10.3 Å². The van der Waals surface area contributed by atoms with E-state index in [4.69, 9.17) is 4.74 Å². The number of hydrogen-bond donors (Lipinski definition) is 1. The summed E-state index contributed by atoms with van der Waals surface area (Å²) in [5.41, 5.74) is 4.25. The van der Waals surface area contributed by atoms with Gasteiger partial charge in [-0.1, -0.05) is 12.1 Å². The van der Waals surface area contributed by atoms with Gasteiger partial charge >= 0.3 is 0 Å². The molecule has 0 unspecified atom stereocenters. The van der Waals surface area contributed by atoms with Gasteiger partial charge in [-0.05, 0) is 31.5 Å². The van der Waals surface area contributed by atoms with Crippen LogP contribution in [0.25, 0.3) is 0 Å². The lowest BCUT2D eigenvalue weighted by atomic mass is 10.2. The maximum atomic E-state index is 5.48. The molecular weight excluding hydrogens is 244 g/mol. The van der Waals surface area contributed by atoms with Crippen LogP contribution in [0.4, 0.5) is 0 Å². The second-order valence-electron chi connectivity index (χ2n) is 4.04. The molecule has 0 aliphatic heterocycles. The minimum absolute atomic E-state index is 0.705. The molecule has 96 valence electrons. The second kappa shape index (κ2) is 6.52. The maximum absolute atomic E-state index is 5.48. The number of thiazole rings is 1. The molecule has 0 aliphatic carbocycles. The van der Waals surface area contributed by atoms with Crippen molar-refractivity contribution in [2.45, 2.75) is 26.9 Å². The first-order valence-corrected chi connectivity index (χ1v) is 6.99. The number of aromatic nitrogens is 1. The highest BCUT2D eigenvalue weighted by atomic mass is 32.1. The van der Waals surface area contributed by atoms with Gasteiger partial charge in [0.2, 0.25) is 0 Å². The summed E-state index contributed by atoms with van der Waals surface area (Å²) in [6.45, 7) is 6.46. The van der Waals surface area contributed by atoms with Gasteiger partial charge in [0.1, 0.15) is 5.75 Å². The van der Waals surface area contributed by atoms with E-state index in [1.807, 2.05) is 31.5 Å². The van der Waals surface area contributed by atoms with Gasteiger partial charge in [0.25, 0.3) is 0 Å². The third-order valence-corrected chi connectivity index (χ3v) is 3.60. The quantitative estimate of drug-likeness (QED) is 0.868. The van der Waals surface area contributed by atoms with E-state index >= 15 is 0 Å². The zero-order valence-corrected chi connectivity index (χ0v) is 11.6. The number of ether oxygens (including phenoxy) is 1.